The smallest absolute Gasteiger partial charge is 0.0113 e. The quantitative estimate of drug-likeness (QED) is 0.0153. The molecule has 0 saturated heterocycles. The Morgan fingerprint density at radius 2 is 0.323 bits per heavy atom. The van der Waals surface area contributed by atoms with Gasteiger partial charge < -0.3 is 5.73 Å². The van der Waals surface area contributed by atoms with Gasteiger partial charge in [0.2, 0.25) is 0 Å². The van der Waals surface area contributed by atoms with Crippen LogP contribution in [0.15, 0.2) is 0 Å². The summed E-state index contributed by atoms with van der Waals surface area (Å²) in [5.74, 6) is 4.97. The van der Waals surface area contributed by atoms with E-state index in [1.165, 1.54) is 19.3 Å². The van der Waals surface area contributed by atoms with Gasteiger partial charge in [0, 0.05) is 19.6 Å². The van der Waals surface area contributed by atoms with E-state index in [9.17, 15) is 0 Å². The molecule has 0 rings (SSSR count). The van der Waals surface area contributed by atoms with Crippen LogP contribution >= 0.6 is 0 Å². The second-order valence-electron chi connectivity index (χ2n) is 11.1. The molecule has 50 heteroatoms. The molecule has 0 radical (unpaired) electrons. The molecule has 0 atom stereocenters. The second-order valence-corrected chi connectivity index (χ2v) is 11.1. The van der Waals surface area contributed by atoms with E-state index in [2.05, 4.69) is 265 Å². The van der Waals surface area contributed by atoms with Crippen LogP contribution in [0.2, 0.25) is 0 Å². The van der Waals surface area contributed by atoms with Gasteiger partial charge in [0.25, 0.3) is 0 Å². The number of hydrogen-bond acceptors (Lipinski definition) is 50. The van der Waals surface area contributed by atoms with Crippen LogP contribution in [-0.4, -0.2) is 26.2 Å². The summed E-state index contributed by atoms with van der Waals surface area (Å²) in [6, 6.07) is 0. The molecule has 0 bridgehead atoms. The van der Waals surface area contributed by atoms with Crippen molar-refractivity contribution in [3.63, 3.8) is 0 Å². The fourth-order valence-corrected chi connectivity index (χ4v) is 3.63. The molecule has 0 aliphatic carbocycles. The first-order valence-electron chi connectivity index (χ1n) is 19.8. The summed E-state index contributed by atoms with van der Waals surface area (Å²) < 4.78 is 0. The van der Waals surface area contributed by atoms with Crippen LogP contribution in [0.1, 0.15) is 70.6 Å². The van der Waals surface area contributed by atoms with Crippen LogP contribution in [-0.2, 0) is 0 Å². The maximum atomic E-state index is 5.46. The Morgan fingerprint density at radius 3 is 0.508 bits per heavy atom. The molecule has 50 nitrogen and oxygen atoms in total. The van der Waals surface area contributed by atoms with Crippen molar-refractivity contribution >= 4 is 0 Å². The van der Waals surface area contributed by atoms with Crippen molar-refractivity contribution in [1.29, 1.82) is 0 Å². The average Bonchev–Trinajstić information content (AvgIpc) is 3.32. The topological polar surface area (TPSA) is 629 Å². The fraction of sp³-hybridized carbons (Fsp3) is 1.00. The Bertz CT molecular complexity index is 742. The molecule has 0 saturated carbocycles. The standard InChI is InChI=1S/C15H82N50/c16-12-8-4-7-11-15-20-24-28-32-36-40-44-46-48-50-52-54-56-58-60-62-64-65-63-61-59-57-55-53-51-49-47-45-43-39-35-31-27-23-19-14-10-6-3-1-2-5-9-13-18-22-26-30-34-38-42-41-37-33-29-25-21-17/h18-65H,1-17H2. The van der Waals surface area contributed by atoms with Crippen molar-refractivity contribution < 1.29 is 0 Å². The van der Waals surface area contributed by atoms with Crippen molar-refractivity contribution in [2.24, 2.45) is 11.6 Å². The molecule has 0 aliphatic rings. The summed E-state index contributed by atoms with van der Waals surface area (Å²) in [7, 11) is 0. The van der Waals surface area contributed by atoms with Crippen LogP contribution in [0.3, 0.4) is 0 Å². The minimum atomic E-state index is 0.741. The van der Waals surface area contributed by atoms with Crippen LogP contribution in [0.25, 0.3) is 0 Å². The summed E-state index contributed by atoms with van der Waals surface area (Å²) in [6.07, 6.45) is 12.4. The Morgan fingerprint density at radius 1 is 0.169 bits per heavy atom. The summed E-state index contributed by atoms with van der Waals surface area (Å²) in [5.41, 5.74) is 130. The molecule has 0 aromatic carbocycles. The third kappa shape index (κ3) is 62.0. The molecule has 392 valence electrons. The third-order valence-corrected chi connectivity index (χ3v) is 6.32. The van der Waals surface area contributed by atoms with Crippen molar-refractivity contribution in [2.45, 2.75) is 70.6 Å². The monoisotopic (exact) mass is 963 g/mol. The van der Waals surface area contributed by atoms with Crippen LogP contribution in [0.5, 0.6) is 0 Å². The van der Waals surface area contributed by atoms with Gasteiger partial charge in [0.05, 0.1) is 0 Å². The predicted molar refractivity (Wildman–Crippen MR) is 229 cm³/mol. The SMILES string of the molecule is NCCCCCCNNNNNNNNNNNNNNNNNNNNNNNNNNNNNNNNNNNCCCCCCCCCNNNNNNNNNNNNNN. The zero-order valence-corrected chi connectivity index (χ0v) is 35.8. The van der Waals surface area contributed by atoms with Gasteiger partial charge in [-0.2, -0.15) is 249 Å². The highest BCUT2D eigenvalue weighted by molar-refractivity contribution is 4.49. The fourth-order valence-electron chi connectivity index (χ4n) is 3.63. The molecule has 0 unspecified atom stereocenters. The van der Waals surface area contributed by atoms with E-state index < -0.39 is 0 Å². The number of unbranched alkanes of at least 4 members (excludes halogenated alkanes) is 9. The highest BCUT2D eigenvalue weighted by Gasteiger charge is 1.94. The number of nitrogens with one attached hydrogen (secondary N) is 48. The van der Waals surface area contributed by atoms with E-state index in [1.54, 1.807) is 0 Å². The van der Waals surface area contributed by atoms with E-state index in [0.717, 1.165) is 77.5 Å². The van der Waals surface area contributed by atoms with Gasteiger partial charge in [-0.3, -0.25) is 5.84 Å². The molecule has 0 aromatic heterocycles. The minimum Gasteiger partial charge on any atom is -0.330 e. The first-order valence-corrected chi connectivity index (χ1v) is 19.8. The summed E-state index contributed by atoms with van der Waals surface area (Å²) in [5, 5.41) is 0. The van der Waals surface area contributed by atoms with E-state index in [-0.39, 0.29) is 0 Å². The molecule has 0 amide bonds. The Labute approximate surface area is 374 Å². The minimum absolute atomic E-state index is 0.741. The zero-order chi connectivity index (χ0) is 46.5. The van der Waals surface area contributed by atoms with Crippen LogP contribution in [0, 0.1) is 0 Å². The molecule has 0 fully saturated rings. The molecule has 52 N–H and O–H groups in total. The lowest BCUT2D eigenvalue weighted by atomic mass is 10.1. The highest BCUT2D eigenvalue weighted by atomic mass is 16.0. The Kier molecular flexibility index (Phi) is 60.1. The lowest BCUT2D eigenvalue weighted by molar-refractivity contribution is 0.181. The predicted octanol–water partition coefficient (Wildman–Crippen LogP) is -20.5. The van der Waals surface area contributed by atoms with Gasteiger partial charge in [-0.15, -0.1) is 0 Å². The highest BCUT2D eigenvalue weighted by Crippen LogP contribution is 2.06. The van der Waals surface area contributed by atoms with Gasteiger partial charge in [-0.1, -0.05) is 44.9 Å². The van der Waals surface area contributed by atoms with Crippen molar-refractivity contribution in [3.05, 3.63) is 0 Å². The maximum absolute atomic E-state index is 5.46. The average molecular weight is 963 g/mol. The van der Waals surface area contributed by atoms with E-state index in [0.29, 0.717) is 0 Å². The number of hydrazine groups is 47. The van der Waals surface area contributed by atoms with Crippen molar-refractivity contribution in [2.75, 3.05) is 26.2 Å². The number of rotatable bonds is 62. The maximum Gasteiger partial charge on any atom is 0.0113 e. The normalized spacial score (nSPS) is 11.7. The lowest BCUT2D eigenvalue weighted by Crippen LogP contribution is -2.70. The number of hydrogen-bond donors (Lipinski definition) is 50. The second kappa shape index (κ2) is 62.0. The van der Waals surface area contributed by atoms with Gasteiger partial charge in [0.15, 0.2) is 0 Å². The number of nitrogens with two attached hydrogens (primary N) is 2. The lowest BCUT2D eigenvalue weighted by Gasteiger charge is -2.16. The van der Waals surface area contributed by atoms with Gasteiger partial charge in [0.1, 0.15) is 0 Å². The summed E-state index contributed by atoms with van der Waals surface area (Å²) in [6.45, 7) is 3.21. The molecule has 65 heavy (non-hydrogen) atoms. The molecule has 0 heterocycles. The van der Waals surface area contributed by atoms with Gasteiger partial charge in [-0.05, 0) is 32.2 Å². The van der Waals surface area contributed by atoms with Crippen molar-refractivity contribution in [3.8, 4) is 0 Å². The molecule has 0 aliphatic heterocycles. The largest absolute Gasteiger partial charge is 0.330 e. The first kappa shape index (κ1) is 63.0. The van der Waals surface area contributed by atoms with Gasteiger partial charge >= 0.3 is 0 Å². The van der Waals surface area contributed by atoms with Crippen LogP contribution in [0.4, 0.5) is 0 Å². The first-order chi connectivity index (χ1) is 32.4. The Balaban J connectivity index is 3.06. The van der Waals surface area contributed by atoms with E-state index >= 15 is 0 Å². The molecular weight excluding hydrogens is 881 g/mol. The molecular formula is C15H82N50. The van der Waals surface area contributed by atoms with Crippen molar-refractivity contribution in [1.82, 2.24) is 265 Å². The Hall–Kier alpha value is -2.00. The van der Waals surface area contributed by atoms with E-state index in [1.807, 2.05) is 0 Å². The molecule has 0 spiro atoms. The summed E-state index contributed by atoms with van der Waals surface area (Å²) in [4.78, 5) is 0. The van der Waals surface area contributed by atoms with Crippen LogP contribution < -0.4 is 277 Å². The van der Waals surface area contributed by atoms with Gasteiger partial charge in [-0.25, -0.2) is 16.3 Å². The summed E-state index contributed by atoms with van der Waals surface area (Å²) >= 11 is 0. The zero-order valence-electron chi connectivity index (χ0n) is 35.8. The molecule has 0 aromatic rings. The van der Waals surface area contributed by atoms with E-state index in [4.69, 9.17) is 11.6 Å². The third-order valence-electron chi connectivity index (χ3n) is 6.32.